The molecule has 1 fully saturated rings. The van der Waals surface area contributed by atoms with Crippen LogP contribution in [0.2, 0.25) is 0 Å². The van der Waals surface area contributed by atoms with Crippen molar-refractivity contribution in [3.05, 3.63) is 192 Å². The summed E-state index contributed by atoms with van der Waals surface area (Å²) >= 11 is 0. The van der Waals surface area contributed by atoms with Crippen LogP contribution in [0.5, 0.6) is 0 Å². The third kappa shape index (κ3) is 4.93. The molecule has 0 amide bonds. The molecule has 0 unspecified atom stereocenters. The minimum Gasteiger partial charge on any atom is -0.455 e. The van der Waals surface area contributed by atoms with Crippen molar-refractivity contribution in [1.82, 2.24) is 9.13 Å². The monoisotopic (exact) mass is 870 g/mol. The molecule has 0 atom stereocenters. The van der Waals surface area contributed by atoms with Crippen molar-refractivity contribution in [1.29, 1.82) is 10.5 Å². The Kier molecular flexibility index (Phi) is 7.61. The first-order valence-electron chi connectivity index (χ1n) is 23.6. The van der Waals surface area contributed by atoms with Gasteiger partial charge in [0.15, 0.2) is 0 Å². The highest BCUT2D eigenvalue weighted by Gasteiger charge is 2.41. The topological polar surface area (TPSA) is 83.7 Å². The van der Waals surface area contributed by atoms with Crippen LogP contribution in [-0.4, -0.2) is 9.13 Å². The summed E-state index contributed by atoms with van der Waals surface area (Å²) in [4.78, 5) is 0. The molecule has 13 aromatic rings. The number of nitrogens with zero attached hydrogens (tertiary/aromatic N) is 4. The number of para-hydroxylation sites is 2. The number of furan rings is 2. The lowest BCUT2D eigenvalue weighted by molar-refractivity contribution is 0.357. The van der Waals surface area contributed by atoms with Gasteiger partial charge in [-0.3, -0.25) is 0 Å². The second kappa shape index (κ2) is 13.8. The first kappa shape index (κ1) is 37.4. The minimum absolute atomic E-state index is 0.189. The van der Waals surface area contributed by atoms with Gasteiger partial charge in [0.05, 0.1) is 49.8 Å². The van der Waals surface area contributed by atoms with E-state index >= 15 is 0 Å². The molecule has 6 heteroatoms. The first-order valence-corrected chi connectivity index (χ1v) is 23.6. The Morgan fingerprint density at radius 1 is 0.382 bits per heavy atom. The number of aromatic nitrogens is 2. The van der Waals surface area contributed by atoms with Gasteiger partial charge in [-0.25, -0.2) is 0 Å². The van der Waals surface area contributed by atoms with E-state index in [0.29, 0.717) is 16.8 Å². The molecule has 0 N–H and O–H groups in total. The molecule has 4 aromatic heterocycles. The highest BCUT2D eigenvalue weighted by molar-refractivity contribution is 6.26. The van der Waals surface area contributed by atoms with Gasteiger partial charge in [-0.2, -0.15) is 10.5 Å². The Balaban J connectivity index is 1.12. The van der Waals surface area contributed by atoms with Gasteiger partial charge in [-0.05, 0) is 132 Å². The highest BCUT2D eigenvalue weighted by Crippen LogP contribution is 2.56. The van der Waals surface area contributed by atoms with Gasteiger partial charge in [-0.1, -0.05) is 109 Å². The van der Waals surface area contributed by atoms with Crippen LogP contribution in [0.25, 0.3) is 121 Å². The zero-order chi connectivity index (χ0) is 44.8. The lowest BCUT2D eigenvalue weighted by atomic mass is 9.64. The van der Waals surface area contributed by atoms with Crippen molar-refractivity contribution in [2.75, 3.05) is 0 Å². The normalized spacial score (nSPS) is 15.7. The van der Waals surface area contributed by atoms with Crippen LogP contribution in [0.3, 0.4) is 0 Å². The molecule has 16 rings (SSSR count). The van der Waals surface area contributed by atoms with E-state index in [-0.39, 0.29) is 11.8 Å². The van der Waals surface area contributed by atoms with Crippen LogP contribution in [0.15, 0.2) is 179 Å². The van der Waals surface area contributed by atoms with Crippen molar-refractivity contribution < 1.29 is 8.83 Å². The Morgan fingerprint density at radius 2 is 0.824 bits per heavy atom. The first-order chi connectivity index (χ1) is 33.7. The number of rotatable bonds is 4. The molecule has 4 heterocycles. The third-order valence-corrected chi connectivity index (χ3v) is 15.5. The van der Waals surface area contributed by atoms with Crippen molar-refractivity contribution in [2.24, 2.45) is 0 Å². The number of benzene rings is 9. The van der Waals surface area contributed by atoms with Crippen LogP contribution in [-0.2, 0) is 0 Å². The van der Waals surface area contributed by atoms with Gasteiger partial charge in [0, 0.05) is 32.3 Å². The fraction of sp³-hybridized carbons (Fsp3) is 0.0968. The summed E-state index contributed by atoms with van der Waals surface area (Å²) in [7, 11) is 0. The molecule has 68 heavy (non-hydrogen) atoms. The smallest absolute Gasteiger partial charge is 0.145 e. The lowest BCUT2D eigenvalue weighted by Crippen LogP contribution is -2.27. The van der Waals surface area contributed by atoms with Crippen molar-refractivity contribution in [2.45, 2.75) is 37.5 Å². The van der Waals surface area contributed by atoms with E-state index in [1.165, 1.54) is 0 Å². The second-order valence-corrected chi connectivity index (χ2v) is 18.8. The standard InChI is InChI=1S/C62H38N4O2/c63-33-47-55-37-19-21-38(22-20-37)56(55)60(66-50-28-24-40(36-13-5-2-6-14-36)32-46(50)58-52(66)30-26-44-42-16-8-10-18-54(42)68-62(44)58)48(34-64)59(47)65-49-27-23-39(35-11-3-1-4-12-35)31-45(49)57-51(65)29-25-43-41-15-7-9-17-53(41)67-61(43)57/h1-18,23-32,37-38H,19-22H2. The minimum atomic E-state index is 0.189. The zero-order valence-corrected chi connectivity index (χ0v) is 36.8. The van der Waals surface area contributed by atoms with Crippen LogP contribution >= 0.6 is 0 Å². The SMILES string of the molecule is N#Cc1c2c(c(-n3c4ccc(-c5ccccc5)cc4c4c5oc6ccccc6c5ccc43)c(C#N)c1-n1c3ccc(-c4ccccc4)cc3c3c4oc5ccccc5c4ccc31)C1CCC2CC1. The fourth-order valence-corrected chi connectivity index (χ4v) is 12.6. The van der Waals surface area contributed by atoms with E-state index in [0.717, 1.165) is 152 Å². The average Bonchev–Trinajstić information content (AvgIpc) is 4.16. The molecule has 3 aliphatic carbocycles. The predicted octanol–water partition coefficient (Wildman–Crippen LogP) is 16.5. The molecular formula is C62H38N4O2. The van der Waals surface area contributed by atoms with Gasteiger partial charge in [-0.15, -0.1) is 0 Å². The quantitative estimate of drug-likeness (QED) is 0.176. The highest BCUT2D eigenvalue weighted by atomic mass is 16.3. The summed E-state index contributed by atoms with van der Waals surface area (Å²) in [5.74, 6) is 0.389. The molecule has 3 aliphatic rings. The largest absolute Gasteiger partial charge is 0.455 e. The van der Waals surface area contributed by atoms with Crippen molar-refractivity contribution in [3.8, 4) is 45.8 Å². The van der Waals surface area contributed by atoms with E-state index in [2.05, 4.69) is 155 Å². The van der Waals surface area contributed by atoms with E-state index in [9.17, 15) is 10.5 Å². The van der Waals surface area contributed by atoms with Gasteiger partial charge in [0.1, 0.15) is 40.0 Å². The molecule has 9 aromatic carbocycles. The van der Waals surface area contributed by atoms with Gasteiger partial charge < -0.3 is 18.0 Å². The van der Waals surface area contributed by atoms with Crippen molar-refractivity contribution >= 4 is 87.5 Å². The molecule has 2 bridgehead atoms. The van der Waals surface area contributed by atoms with E-state index in [1.54, 1.807) is 0 Å². The maximum absolute atomic E-state index is 12.1. The second-order valence-electron chi connectivity index (χ2n) is 18.8. The Labute approximate surface area is 389 Å². The molecule has 0 spiro atoms. The maximum atomic E-state index is 12.1. The fourth-order valence-electron chi connectivity index (χ4n) is 12.6. The molecule has 1 saturated carbocycles. The summed E-state index contributed by atoms with van der Waals surface area (Å²) < 4.78 is 18.3. The summed E-state index contributed by atoms with van der Waals surface area (Å²) in [5, 5.41) is 32.0. The lowest BCUT2D eigenvalue weighted by Gasteiger charge is -2.41. The van der Waals surface area contributed by atoms with Crippen LogP contribution in [0.1, 0.15) is 59.8 Å². The van der Waals surface area contributed by atoms with Crippen molar-refractivity contribution in [3.63, 3.8) is 0 Å². The van der Waals surface area contributed by atoms with E-state index in [4.69, 9.17) is 8.83 Å². The van der Waals surface area contributed by atoms with Gasteiger partial charge >= 0.3 is 0 Å². The molecule has 0 aliphatic heterocycles. The number of hydrogen-bond donors (Lipinski definition) is 0. The summed E-state index contributed by atoms with van der Waals surface area (Å²) in [6.45, 7) is 0. The molecule has 0 radical (unpaired) electrons. The Morgan fingerprint density at radius 3 is 1.32 bits per heavy atom. The molecule has 318 valence electrons. The van der Waals surface area contributed by atoms with Gasteiger partial charge in [0.25, 0.3) is 0 Å². The Bertz CT molecular complexity index is 4410. The van der Waals surface area contributed by atoms with Crippen LogP contribution < -0.4 is 0 Å². The Hall–Kier alpha value is -8.84. The molecular weight excluding hydrogens is 833 g/mol. The number of nitriles is 2. The molecule has 6 nitrogen and oxygen atoms in total. The number of hydrogen-bond acceptors (Lipinski definition) is 4. The van der Waals surface area contributed by atoms with Crippen LogP contribution in [0.4, 0.5) is 0 Å². The maximum Gasteiger partial charge on any atom is 0.145 e. The summed E-state index contributed by atoms with van der Waals surface area (Å²) in [5.41, 5.74) is 16.2. The zero-order valence-electron chi connectivity index (χ0n) is 36.8. The van der Waals surface area contributed by atoms with Crippen LogP contribution in [0, 0.1) is 22.7 Å². The van der Waals surface area contributed by atoms with E-state index in [1.807, 2.05) is 36.4 Å². The summed E-state index contributed by atoms with van der Waals surface area (Å²) in [6.07, 6.45) is 4.06. The third-order valence-electron chi connectivity index (χ3n) is 15.5. The van der Waals surface area contributed by atoms with E-state index < -0.39 is 0 Å². The number of fused-ring (bicyclic) bond motifs is 16. The molecule has 0 saturated heterocycles. The van der Waals surface area contributed by atoms with Gasteiger partial charge in [0.2, 0.25) is 0 Å². The average molecular weight is 871 g/mol. The predicted molar refractivity (Wildman–Crippen MR) is 274 cm³/mol. The summed E-state index contributed by atoms with van der Waals surface area (Å²) in [6, 6.07) is 65.1.